The van der Waals surface area contributed by atoms with E-state index in [9.17, 15) is 4.79 Å². The molecule has 0 radical (unpaired) electrons. The summed E-state index contributed by atoms with van der Waals surface area (Å²) in [6.45, 7) is 10.1. The molecule has 1 fully saturated rings. The van der Waals surface area contributed by atoms with Crippen LogP contribution in [0.1, 0.15) is 34.1 Å². The fourth-order valence-corrected chi connectivity index (χ4v) is 3.67. The average Bonchev–Trinajstić information content (AvgIpc) is 2.65. The summed E-state index contributed by atoms with van der Waals surface area (Å²) in [7, 11) is 1.70. The van der Waals surface area contributed by atoms with Crippen molar-refractivity contribution in [2.75, 3.05) is 13.7 Å². The largest absolute Gasteiger partial charge is 0.385 e. The molecule has 5 heteroatoms. The first-order valence-corrected chi connectivity index (χ1v) is 7.92. The van der Waals surface area contributed by atoms with Crippen LogP contribution in [0.2, 0.25) is 0 Å². The molecule has 1 aromatic rings. The maximum atomic E-state index is 12.4. The Kier molecular flexibility index (Phi) is 4.21. The number of hydrogen-bond acceptors (Lipinski definition) is 3. The van der Waals surface area contributed by atoms with E-state index in [0.29, 0.717) is 0 Å². The molecule has 112 valence electrons. The van der Waals surface area contributed by atoms with Crippen LogP contribution in [0.5, 0.6) is 0 Å². The van der Waals surface area contributed by atoms with Crippen molar-refractivity contribution < 1.29 is 9.53 Å². The van der Waals surface area contributed by atoms with Gasteiger partial charge in [0, 0.05) is 31.8 Å². The fourth-order valence-electron chi connectivity index (χ4n) is 2.91. The van der Waals surface area contributed by atoms with E-state index in [-0.39, 0.29) is 22.7 Å². The van der Waals surface area contributed by atoms with E-state index >= 15 is 0 Å². The summed E-state index contributed by atoms with van der Waals surface area (Å²) in [6, 6.07) is 0. The molecule has 1 saturated carbocycles. The maximum absolute atomic E-state index is 12.4. The van der Waals surface area contributed by atoms with E-state index in [0.717, 1.165) is 24.4 Å². The van der Waals surface area contributed by atoms with Crippen molar-refractivity contribution >= 4 is 17.2 Å². The van der Waals surface area contributed by atoms with Crippen LogP contribution in [0.3, 0.4) is 0 Å². The Morgan fingerprint density at radius 3 is 2.60 bits per heavy atom. The zero-order valence-corrected chi connectivity index (χ0v) is 13.8. The third-order valence-electron chi connectivity index (χ3n) is 4.88. The van der Waals surface area contributed by atoms with Crippen molar-refractivity contribution in [1.29, 1.82) is 0 Å². The first-order valence-electron chi connectivity index (χ1n) is 7.04. The lowest BCUT2D eigenvalue weighted by atomic mass is 10.0. The lowest BCUT2D eigenvalue weighted by Gasteiger charge is -2.03. The molecule has 0 spiro atoms. The molecule has 1 heterocycles. The van der Waals surface area contributed by atoms with Gasteiger partial charge in [0.25, 0.3) is 5.91 Å². The summed E-state index contributed by atoms with van der Waals surface area (Å²) >= 11 is 1.52. The van der Waals surface area contributed by atoms with Crippen molar-refractivity contribution in [2.24, 2.45) is 21.7 Å². The normalized spacial score (nSPS) is 21.1. The lowest BCUT2D eigenvalue weighted by Crippen LogP contribution is -2.18. The minimum absolute atomic E-state index is 0.0166. The van der Waals surface area contributed by atoms with Gasteiger partial charge in [0.1, 0.15) is 0 Å². The van der Waals surface area contributed by atoms with Gasteiger partial charge in [-0.25, -0.2) is 0 Å². The molecule has 0 aliphatic heterocycles. The molecule has 0 aromatic carbocycles. The molecule has 0 N–H and O–H groups in total. The van der Waals surface area contributed by atoms with Crippen molar-refractivity contribution in [3.05, 3.63) is 16.4 Å². The van der Waals surface area contributed by atoms with Crippen LogP contribution in [0, 0.1) is 16.7 Å². The molecule has 0 atom stereocenters. The third kappa shape index (κ3) is 2.61. The van der Waals surface area contributed by atoms with Gasteiger partial charge in [-0.05, 0) is 17.3 Å². The van der Waals surface area contributed by atoms with Gasteiger partial charge in [-0.2, -0.15) is 4.99 Å². The smallest absolute Gasteiger partial charge is 0.252 e. The molecule has 0 bridgehead atoms. The van der Waals surface area contributed by atoms with Gasteiger partial charge < -0.3 is 9.30 Å². The van der Waals surface area contributed by atoms with E-state index < -0.39 is 0 Å². The molecule has 0 saturated heterocycles. The first-order chi connectivity index (χ1) is 9.32. The van der Waals surface area contributed by atoms with Crippen molar-refractivity contribution in [3.8, 4) is 0 Å². The summed E-state index contributed by atoms with van der Waals surface area (Å²) < 4.78 is 7.09. The predicted molar refractivity (Wildman–Crippen MR) is 80.4 cm³/mol. The lowest BCUT2D eigenvalue weighted by molar-refractivity contribution is -0.120. The SMILES string of the molecule is COCCCn1ccs/c1=N\C(=O)C1C(C)(C)C1(C)C. The Labute approximate surface area is 124 Å². The van der Waals surface area contributed by atoms with Crippen LogP contribution in [-0.4, -0.2) is 24.2 Å². The van der Waals surface area contributed by atoms with Crippen molar-refractivity contribution in [2.45, 2.75) is 40.7 Å². The number of thiazole rings is 1. The summed E-state index contributed by atoms with van der Waals surface area (Å²) in [5, 5.41) is 1.97. The highest BCUT2D eigenvalue weighted by Gasteiger charge is 2.68. The molecule has 1 aliphatic rings. The van der Waals surface area contributed by atoms with Crippen LogP contribution < -0.4 is 4.80 Å². The molecule has 1 aromatic heterocycles. The fraction of sp³-hybridized carbons (Fsp3) is 0.733. The van der Waals surface area contributed by atoms with Gasteiger partial charge in [-0.15, -0.1) is 11.3 Å². The number of aryl methyl sites for hydroxylation is 1. The Bertz CT molecular complexity index is 540. The van der Waals surface area contributed by atoms with Crippen LogP contribution in [0.4, 0.5) is 0 Å². The topological polar surface area (TPSA) is 43.6 Å². The van der Waals surface area contributed by atoms with Gasteiger partial charge in [0.2, 0.25) is 0 Å². The number of nitrogens with zero attached hydrogens (tertiary/aromatic N) is 2. The minimum atomic E-state index is 0.0166. The zero-order valence-electron chi connectivity index (χ0n) is 13.0. The van der Waals surface area contributed by atoms with Crippen LogP contribution >= 0.6 is 11.3 Å². The van der Waals surface area contributed by atoms with E-state index in [1.807, 2.05) is 16.1 Å². The van der Waals surface area contributed by atoms with Gasteiger partial charge in [0.05, 0.1) is 5.92 Å². The number of aromatic nitrogens is 1. The summed E-state index contributed by atoms with van der Waals surface area (Å²) in [4.78, 5) is 17.5. The second kappa shape index (κ2) is 5.45. The van der Waals surface area contributed by atoms with Crippen LogP contribution in [-0.2, 0) is 16.1 Å². The molecule has 4 nitrogen and oxygen atoms in total. The predicted octanol–water partition coefficient (Wildman–Crippen LogP) is 2.70. The standard InChI is InChI=1S/C15H24N2O2S/c1-14(2)11(15(14,3)4)12(18)16-13-17(8-10-20-13)7-6-9-19-5/h8,10-11H,6-7,9H2,1-5H3/b16-13-. The van der Waals surface area contributed by atoms with E-state index in [1.54, 1.807) is 7.11 Å². The van der Waals surface area contributed by atoms with E-state index in [4.69, 9.17) is 4.74 Å². The van der Waals surface area contributed by atoms with Gasteiger partial charge in [-0.1, -0.05) is 27.7 Å². The minimum Gasteiger partial charge on any atom is -0.385 e. The Morgan fingerprint density at radius 1 is 1.40 bits per heavy atom. The Balaban J connectivity index is 2.13. The first kappa shape index (κ1) is 15.4. The summed E-state index contributed by atoms with van der Waals surface area (Å²) in [5.74, 6) is 0.0486. The third-order valence-corrected chi connectivity index (χ3v) is 5.68. The van der Waals surface area contributed by atoms with E-state index in [2.05, 4.69) is 32.7 Å². The molecule has 2 rings (SSSR count). The molecule has 20 heavy (non-hydrogen) atoms. The quantitative estimate of drug-likeness (QED) is 0.784. The maximum Gasteiger partial charge on any atom is 0.252 e. The second-order valence-corrected chi connectivity index (χ2v) is 7.42. The van der Waals surface area contributed by atoms with Crippen LogP contribution in [0.15, 0.2) is 16.6 Å². The Morgan fingerprint density at radius 2 is 2.05 bits per heavy atom. The zero-order chi connectivity index (χ0) is 15.0. The average molecular weight is 296 g/mol. The highest BCUT2D eigenvalue weighted by atomic mass is 32.1. The number of carbonyl (C=O) groups is 1. The van der Waals surface area contributed by atoms with Gasteiger partial charge >= 0.3 is 0 Å². The molecule has 1 aliphatic carbocycles. The number of ether oxygens (including phenoxy) is 1. The molecular weight excluding hydrogens is 272 g/mol. The van der Waals surface area contributed by atoms with Gasteiger partial charge in [-0.3, -0.25) is 4.79 Å². The van der Waals surface area contributed by atoms with Crippen molar-refractivity contribution in [1.82, 2.24) is 4.57 Å². The summed E-state index contributed by atoms with van der Waals surface area (Å²) in [6.07, 6.45) is 2.91. The number of methoxy groups -OCH3 is 1. The molecule has 0 unspecified atom stereocenters. The number of carbonyl (C=O) groups excluding carboxylic acids is 1. The number of amides is 1. The molecule has 1 amide bonds. The van der Waals surface area contributed by atoms with Crippen LogP contribution in [0.25, 0.3) is 0 Å². The monoisotopic (exact) mass is 296 g/mol. The number of rotatable bonds is 5. The number of hydrogen-bond donors (Lipinski definition) is 0. The molecular formula is C15H24N2O2S. The summed E-state index contributed by atoms with van der Waals surface area (Å²) in [5.41, 5.74) is 0.0947. The highest BCUT2D eigenvalue weighted by Crippen LogP contribution is 2.68. The van der Waals surface area contributed by atoms with Gasteiger partial charge in [0.15, 0.2) is 4.80 Å². The Hall–Kier alpha value is -0.940. The van der Waals surface area contributed by atoms with Crippen molar-refractivity contribution in [3.63, 3.8) is 0 Å². The second-order valence-electron chi connectivity index (χ2n) is 6.55. The van der Waals surface area contributed by atoms with E-state index in [1.165, 1.54) is 11.3 Å². The highest BCUT2D eigenvalue weighted by molar-refractivity contribution is 7.07.